The van der Waals surface area contributed by atoms with E-state index in [1.54, 1.807) is 0 Å². The van der Waals surface area contributed by atoms with Crippen LogP contribution in [-0.2, 0) is 70.4 Å². The van der Waals surface area contributed by atoms with Gasteiger partial charge in [-0.05, 0) is 89.9 Å². The van der Waals surface area contributed by atoms with Gasteiger partial charge in [0.15, 0.2) is 0 Å². The Morgan fingerprint density at radius 2 is 0.697 bits per heavy atom. The predicted molar refractivity (Wildman–Crippen MR) is 440 cm³/mol. The van der Waals surface area contributed by atoms with Crippen molar-refractivity contribution in [2.45, 2.75) is 419 Å². The van der Waals surface area contributed by atoms with Crippen LogP contribution in [0.3, 0.4) is 0 Å². The van der Waals surface area contributed by atoms with Crippen LogP contribution in [0, 0.1) is 0 Å². The van der Waals surface area contributed by atoms with Crippen LogP contribution in [-0.4, -0.2) is 136 Å². The lowest BCUT2D eigenvalue weighted by Gasteiger charge is -2.24. The third kappa shape index (κ3) is 75.7. The van der Waals surface area contributed by atoms with Crippen molar-refractivity contribution in [1.82, 2.24) is 21.3 Å². The quantitative estimate of drug-likeness (QED) is 0.0108. The van der Waals surface area contributed by atoms with E-state index in [1.165, 1.54) is 141 Å². The monoisotopic (exact) mass is 1590 g/mol. The molecule has 24 heteroatoms. The van der Waals surface area contributed by atoms with Gasteiger partial charge in [-0.3, -0.25) is 37.8 Å². The topological polar surface area (TPSA) is 305 Å². The number of rotatable bonds is 84. The number of carbonyl (C=O) groups excluding carboxylic acids is 6. The minimum Gasteiger partial charge on any atom is -0.606 e. The van der Waals surface area contributed by atoms with E-state index < -0.39 is 72.7 Å². The van der Waals surface area contributed by atoms with Crippen molar-refractivity contribution in [3.05, 3.63) is 24.3 Å². The summed E-state index contributed by atoms with van der Waals surface area (Å²) in [6.45, 7) is 11.2. The molecule has 6 atom stereocenters. The maximum atomic E-state index is 13.3. The summed E-state index contributed by atoms with van der Waals surface area (Å²) in [7, 11) is -9.47. The van der Waals surface area contributed by atoms with E-state index in [0.29, 0.717) is 64.2 Å². The minimum absolute atomic E-state index is 0.0534. The third-order valence-electron chi connectivity index (χ3n) is 19.2. The molecule has 0 aliphatic carbocycles. The number of hydrogen-bond acceptors (Lipinski definition) is 17. The van der Waals surface area contributed by atoms with Gasteiger partial charge in [-0.2, -0.15) is 13.9 Å². The Hall–Kier alpha value is -3.40. The molecule has 0 bridgehead atoms. The second kappa shape index (κ2) is 78.5. The van der Waals surface area contributed by atoms with E-state index in [-0.39, 0.29) is 88.3 Å². The van der Waals surface area contributed by atoms with Gasteiger partial charge >= 0.3 is 27.9 Å². The molecule has 0 saturated carbocycles. The van der Waals surface area contributed by atoms with Gasteiger partial charge in [0.05, 0.1) is 51.7 Å². The van der Waals surface area contributed by atoms with Crippen molar-refractivity contribution < 1.29 is 85.1 Å². The summed E-state index contributed by atoms with van der Waals surface area (Å²) in [5.74, 6) is -2.45. The average Bonchev–Trinajstić information content (AvgIpc) is 0.933. The maximum absolute atomic E-state index is 13.3. The third-order valence-corrected chi connectivity index (χ3v) is 21.2. The number of ether oxygens (including phenoxy) is 4. The molecule has 0 rings (SSSR count). The first-order valence-electron chi connectivity index (χ1n) is 44.1. The highest BCUT2D eigenvalue weighted by atomic mass is 31.2. The fourth-order valence-corrected chi connectivity index (χ4v) is 14.1. The van der Waals surface area contributed by atoms with Crippen molar-refractivity contribution in [1.29, 1.82) is 0 Å². The molecule has 0 aliphatic rings. The van der Waals surface area contributed by atoms with Crippen LogP contribution in [0.5, 0.6) is 0 Å². The van der Waals surface area contributed by atoms with E-state index in [2.05, 4.69) is 87.1 Å². The largest absolute Gasteiger partial charge is 0.606 e. The molecule has 22 nitrogen and oxygen atoms in total. The molecular formula is C85H162N4O18P2. The van der Waals surface area contributed by atoms with Crippen LogP contribution >= 0.6 is 16.0 Å². The van der Waals surface area contributed by atoms with Crippen molar-refractivity contribution >= 4 is 51.6 Å². The Bertz CT molecular complexity index is 2250. The Balaban J connectivity index is 5.54. The molecule has 0 aromatic carbocycles. The van der Waals surface area contributed by atoms with Gasteiger partial charge in [-0.25, -0.2) is 4.57 Å². The normalized spacial score (nSPS) is 14.0. The second-order valence-corrected chi connectivity index (χ2v) is 32.9. The summed E-state index contributed by atoms with van der Waals surface area (Å²) >= 11 is 0. The standard InChI is InChI=1S/C85H162N4O18P2/c1-7-13-19-25-29-33-35-39-41-47-53-59-80(90)88-76(72-100-67-63-78(57-51-45-23-17-11-5)106-84(94)61-55-49-43-37-31-27-21-15-9-3)74-104-108(96,97)102-69-65-86-82(92)71-83(93)87-66-70-103-109(98,99)105-75-77(89-81(91)60-54-48-42-40-36-34-30-26-20-14-8-2)73-101-68-64-79(58-52-46-24-18-12-6)107-85(95)62-56-50-44-38-32-28-22-16-10-4/h37-38,43-44,76-79H,7-36,39-42,45-75H2,1-6H3,(H,86,92)(H,87,93)(H,88,90)(H,89,91)(H,96,97)(H,98,99)/b43-37-,44-38-. The summed E-state index contributed by atoms with van der Waals surface area (Å²) in [5, 5.41) is 10.7. The number of nitrogens with one attached hydrogen (secondary N) is 4. The molecule has 0 radical (unpaired) electrons. The van der Waals surface area contributed by atoms with Gasteiger partial charge in [-0.1, -0.05) is 284 Å². The Kier molecular flexibility index (Phi) is 76.0. The number of phosphoric acid groups is 2. The molecule has 0 spiro atoms. The number of amides is 4. The molecular weight excluding hydrogens is 1430 g/mol. The van der Waals surface area contributed by atoms with Gasteiger partial charge in [0.2, 0.25) is 23.6 Å². The zero-order valence-corrected chi connectivity index (χ0v) is 71.7. The first-order chi connectivity index (χ1) is 52.9. The number of phosphoric ester groups is 2. The molecule has 0 aromatic heterocycles. The van der Waals surface area contributed by atoms with E-state index in [0.717, 1.165) is 128 Å². The van der Waals surface area contributed by atoms with E-state index in [9.17, 15) is 48.0 Å². The molecule has 109 heavy (non-hydrogen) atoms. The molecule has 640 valence electrons. The van der Waals surface area contributed by atoms with Crippen LogP contribution in [0.25, 0.3) is 0 Å². The second-order valence-electron chi connectivity index (χ2n) is 30.0. The molecule has 4 amide bonds. The highest BCUT2D eigenvalue weighted by Gasteiger charge is 2.31. The van der Waals surface area contributed by atoms with Crippen molar-refractivity contribution in [2.75, 3.05) is 65.9 Å². The predicted octanol–water partition coefficient (Wildman–Crippen LogP) is 19.9. The van der Waals surface area contributed by atoms with Gasteiger partial charge in [-0.15, -0.1) is 0 Å². The molecule has 6 unspecified atom stereocenters. The highest BCUT2D eigenvalue weighted by molar-refractivity contribution is 7.52. The lowest BCUT2D eigenvalue weighted by Crippen LogP contribution is -2.42. The van der Waals surface area contributed by atoms with E-state index >= 15 is 0 Å². The van der Waals surface area contributed by atoms with Crippen LogP contribution in [0.15, 0.2) is 24.3 Å². The van der Waals surface area contributed by atoms with Crippen LogP contribution in [0.2, 0.25) is 0 Å². The fourth-order valence-electron chi connectivity index (χ4n) is 12.6. The van der Waals surface area contributed by atoms with Crippen LogP contribution in [0.1, 0.15) is 395 Å². The van der Waals surface area contributed by atoms with Crippen molar-refractivity contribution in [3.8, 4) is 0 Å². The maximum Gasteiger partial charge on any atom is 0.472 e. The van der Waals surface area contributed by atoms with E-state index in [1.807, 2.05) is 0 Å². The SMILES string of the molecule is CCCCCC/C=C\CCCC(=O)OC(CCCCCCC)CCOCC(COP(=O)(O)OCCNC(=O)CC(=O)NCCO[P+]([O-])(O)OCC(COCCC(CCCCCCC)OC(=O)CCC/C=C\CCCCCC)NC(=O)CCCCCCCCCCCCC)NC(=O)CCCCCCCCCCCCC. The Morgan fingerprint density at radius 3 is 1.08 bits per heavy atom. The number of esters is 2. The first kappa shape index (κ1) is 106. The average molecular weight is 1590 g/mol. The molecule has 0 heterocycles. The number of unbranched alkanes of at least 4 members (excludes halogenated alkanes) is 38. The molecule has 0 fully saturated rings. The lowest BCUT2D eigenvalue weighted by molar-refractivity contribution is -0.243. The molecule has 0 aliphatic heterocycles. The summed E-state index contributed by atoms with van der Waals surface area (Å²) in [4.78, 5) is 113. The summed E-state index contributed by atoms with van der Waals surface area (Å²) in [6, 6.07) is -1.65. The zero-order chi connectivity index (χ0) is 80.0. The van der Waals surface area contributed by atoms with Gasteiger partial charge in [0.25, 0.3) is 0 Å². The summed E-state index contributed by atoms with van der Waals surface area (Å²) in [6.07, 6.45) is 61.3. The van der Waals surface area contributed by atoms with E-state index in [4.69, 9.17) is 37.0 Å². The molecule has 6 N–H and O–H groups in total. The first-order valence-corrected chi connectivity index (χ1v) is 47.1. The minimum atomic E-state index is -4.74. The zero-order valence-electron chi connectivity index (χ0n) is 69.9. The number of carbonyl (C=O) groups is 6. The van der Waals surface area contributed by atoms with Gasteiger partial charge in [0.1, 0.15) is 31.8 Å². The number of hydrogen-bond donors (Lipinski definition) is 6. The summed E-state index contributed by atoms with van der Waals surface area (Å²) in [5.41, 5.74) is 0. The lowest BCUT2D eigenvalue weighted by atomic mass is 10.1. The smallest absolute Gasteiger partial charge is 0.472 e. The van der Waals surface area contributed by atoms with Gasteiger partial charge < -0.3 is 50.0 Å². The van der Waals surface area contributed by atoms with Crippen molar-refractivity contribution in [3.63, 3.8) is 0 Å². The number of allylic oxidation sites excluding steroid dienone is 4. The van der Waals surface area contributed by atoms with Crippen molar-refractivity contribution in [2.24, 2.45) is 0 Å². The van der Waals surface area contributed by atoms with Gasteiger partial charge in [0, 0.05) is 51.6 Å². The molecule has 0 saturated heterocycles. The fraction of sp³-hybridized carbons (Fsp3) is 0.882. The Morgan fingerprint density at radius 1 is 0.367 bits per heavy atom. The van der Waals surface area contributed by atoms with Crippen LogP contribution < -0.4 is 26.2 Å². The summed E-state index contributed by atoms with van der Waals surface area (Å²) < 4.78 is 58.2. The Labute approximate surface area is 663 Å². The highest BCUT2D eigenvalue weighted by Crippen LogP contribution is 2.47. The van der Waals surface area contributed by atoms with Crippen LogP contribution in [0.4, 0.5) is 0 Å². The molecule has 0 aromatic rings.